The lowest BCUT2D eigenvalue weighted by Crippen LogP contribution is -2.49. The molecule has 1 fully saturated rings. The highest BCUT2D eigenvalue weighted by atomic mass is 16.5. The van der Waals surface area contributed by atoms with Gasteiger partial charge in [0.05, 0.1) is 0 Å². The summed E-state index contributed by atoms with van der Waals surface area (Å²) in [5, 5.41) is 9.68. The maximum absolute atomic E-state index is 13.6. The van der Waals surface area contributed by atoms with E-state index in [2.05, 4.69) is 47.3 Å². The number of nitrogens with zero attached hydrogens (tertiary/aromatic N) is 5. The molecule has 198 valence electrons. The summed E-state index contributed by atoms with van der Waals surface area (Å²) in [5.74, 6) is 1.65. The van der Waals surface area contributed by atoms with Crippen molar-refractivity contribution in [2.24, 2.45) is 0 Å². The molecule has 1 aliphatic heterocycles. The second-order valence-corrected chi connectivity index (χ2v) is 10.3. The number of anilines is 1. The average molecular weight is 528 g/mol. The molecule has 40 heavy (non-hydrogen) atoms. The molecule has 7 nitrogen and oxygen atoms in total. The van der Waals surface area contributed by atoms with E-state index in [9.17, 15) is 4.79 Å². The lowest BCUT2D eigenvalue weighted by atomic mass is 10.0. The first-order valence-corrected chi connectivity index (χ1v) is 13.9. The Kier molecular flexibility index (Phi) is 6.11. The van der Waals surface area contributed by atoms with Crippen LogP contribution in [-0.4, -0.2) is 52.1 Å². The summed E-state index contributed by atoms with van der Waals surface area (Å²) in [6.45, 7) is 4.65. The quantitative estimate of drug-likeness (QED) is 0.255. The first-order chi connectivity index (χ1) is 19.7. The minimum atomic E-state index is 0.0674. The van der Waals surface area contributed by atoms with Crippen LogP contribution in [-0.2, 0) is 6.42 Å². The number of carbonyl (C=O) groups is 1. The predicted molar refractivity (Wildman–Crippen MR) is 159 cm³/mol. The van der Waals surface area contributed by atoms with Crippen LogP contribution in [0, 0.1) is 0 Å². The fraction of sp³-hybridized carbons (Fsp3) is 0.212. The SMILES string of the molecule is CCCc1nc(N2CCN(C(=O)c3cccc4ccccc34)CC2)c2c(-c3ccc4ccccc4c3)noc2n1. The molecule has 1 saturated heterocycles. The van der Waals surface area contributed by atoms with Crippen molar-refractivity contribution in [1.82, 2.24) is 20.0 Å². The minimum absolute atomic E-state index is 0.0674. The zero-order valence-corrected chi connectivity index (χ0v) is 22.4. The van der Waals surface area contributed by atoms with Crippen LogP contribution in [0.2, 0.25) is 0 Å². The van der Waals surface area contributed by atoms with E-state index in [-0.39, 0.29) is 5.91 Å². The third kappa shape index (κ3) is 4.24. The van der Waals surface area contributed by atoms with Crippen molar-refractivity contribution in [3.8, 4) is 11.3 Å². The highest BCUT2D eigenvalue weighted by Gasteiger charge is 2.28. The molecule has 0 aliphatic carbocycles. The molecule has 7 rings (SSSR count). The summed E-state index contributed by atoms with van der Waals surface area (Å²) < 4.78 is 5.80. The third-order valence-electron chi connectivity index (χ3n) is 7.75. The number of aromatic nitrogens is 3. The van der Waals surface area contributed by atoms with Gasteiger partial charge >= 0.3 is 0 Å². The van der Waals surface area contributed by atoms with Crippen molar-refractivity contribution in [2.45, 2.75) is 19.8 Å². The Morgan fingerprint density at radius 3 is 2.40 bits per heavy atom. The van der Waals surface area contributed by atoms with E-state index in [1.807, 2.05) is 59.5 Å². The highest BCUT2D eigenvalue weighted by molar-refractivity contribution is 6.07. The molecule has 3 heterocycles. The standard InChI is InChI=1S/C33H29N5O2/c1-2-8-28-34-31(29-30(36-40-32(29)35-28)25-16-15-22-9-3-4-11-24(22)21-25)37-17-19-38(20-18-37)33(39)27-14-7-12-23-10-5-6-13-26(23)27/h3-7,9-16,21H,2,8,17-20H2,1H3. The van der Waals surface area contributed by atoms with Crippen molar-refractivity contribution < 1.29 is 9.32 Å². The van der Waals surface area contributed by atoms with Gasteiger partial charge in [0.1, 0.15) is 22.7 Å². The van der Waals surface area contributed by atoms with E-state index in [4.69, 9.17) is 14.5 Å². The molecule has 0 bridgehead atoms. The minimum Gasteiger partial charge on any atom is -0.352 e. The van der Waals surface area contributed by atoms with Crippen LogP contribution >= 0.6 is 0 Å². The number of rotatable bonds is 5. The first-order valence-electron chi connectivity index (χ1n) is 13.9. The van der Waals surface area contributed by atoms with Gasteiger partial charge in [-0.1, -0.05) is 84.9 Å². The van der Waals surface area contributed by atoms with E-state index in [1.54, 1.807) is 0 Å². The molecule has 7 heteroatoms. The molecule has 0 spiro atoms. The van der Waals surface area contributed by atoms with Crippen LogP contribution < -0.4 is 4.90 Å². The zero-order chi connectivity index (χ0) is 27.1. The van der Waals surface area contributed by atoms with Gasteiger partial charge in [-0.2, -0.15) is 4.98 Å². The van der Waals surface area contributed by atoms with Gasteiger partial charge in [0, 0.05) is 43.7 Å². The Balaban J connectivity index is 1.22. The number of fused-ring (bicyclic) bond motifs is 3. The molecule has 0 unspecified atom stereocenters. The number of benzene rings is 4. The fourth-order valence-corrected chi connectivity index (χ4v) is 5.68. The van der Waals surface area contributed by atoms with E-state index in [0.29, 0.717) is 31.9 Å². The summed E-state index contributed by atoms with van der Waals surface area (Å²) >= 11 is 0. The molecular formula is C33H29N5O2. The van der Waals surface area contributed by atoms with E-state index in [0.717, 1.165) is 62.8 Å². The van der Waals surface area contributed by atoms with Gasteiger partial charge in [0.25, 0.3) is 11.6 Å². The molecule has 1 amide bonds. The monoisotopic (exact) mass is 527 g/mol. The van der Waals surface area contributed by atoms with Crippen molar-refractivity contribution in [1.29, 1.82) is 0 Å². The molecule has 1 aliphatic rings. The zero-order valence-electron chi connectivity index (χ0n) is 22.4. The predicted octanol–water partition coefficient (Wildman–Crippen LogP) is 6.51. The first kappa shape index (κ1) is 24.3. The van der Waals surface area contributed by atoms with Crippen molar-refractivity contribution >= 4 is 44.4 Å². The Morgan fingerprint density at radius 1 is 0.825 bits per heavy atom. The van der Waals surface area contributed by atoms with Gasteiger partial charge < -0.3 is 14.3 Å². The van der Waals surface area contributed by atoms with Gasteiger partial charge in [0.2, 0.25) is 0 Å². The van der Waals surface area contributed by atoms with E-state index in [1.165, 1.54) is 5.39 Å². The summed E-state index contributed by atoms with van der Waals surface area (Å²) in [5.41, 5.74) is 2.97. The number of carbonyl (C=O) groups excluding carboxylic acids is 1. The topological polar surface area (TPSA) is 75.4 Å². The van der Waals surface area contributed by atoms with Gasteiger partial charge in [-0.3, -0.25) is 4.79 Å². The van der Waals surface area contributed by atoms with Gasteiger partial charge in [0.15, 0.2) is 0 Å². The second-order valence-electron chi connectivity index (χ2n) is 10.3. The summed E-state index contributed by atoms with van der Waals surface area (Å²) in [6.07, 6.45) is 1.69. The summed E-state index contributed by atoms with van der Waals surface area (Å²) in [6, 6.07) is 28.6. The maximum Gasteiger partial charge on any atom is 0.263 e. The maximum atomic E-state index is 13.6. The fourth-order valence-electron chi connectivity index (χ4n) is 5.68. The van der Waals surface area contributed by atoms with Crippen LogP contribution in [0.15, 0.2) is 89.5 Å². The lowest BCUT2D eigenvalue weighted by Gasteiger charge is -2.36. The van der Waals surface area contributed by atoms with Crippen LogP contribution in [0.4, 0.5) is 5.82 Å². The van der Waals surface area contributed by atoms with Crippen molar-refractivity contribution in [3.05, 3.63) is 96.3 Å². The Labute approximate surface area is 232 Å². The van der Waals surface area contributed by atoms with Gasteiger partial charge in [-0.25, -0.2) is 4.98 Å². The molecule has 2 aromatic heterocycles. The van der Waals surface area contributed by atoms with Crippen LogP contribution in [0.5, 0.6) is 0 Å². The number of hydrogen-bond acceptors (Lipinski definition) is 6. The summed E-state index contributed by atoms with van der Waals surface area (Å²) in [4.78, 5) is 27.5. The lowest BCUT2D eigenvalue weighted by molar-refractivity contribution is 0.0748. The van der Waals surface area contributed by atoms with E-state index < -0.39 is 0 Å². The van der Waals surface area contributed by atoms with Crippen molar-refractivity contribution in [3.63, 3.8) is 0 Å². The van der Waals surface area contributed by atoms with Crippen LogP contribution in [0.25, 0.3) is 43.9 Å². The van der Waals surface area contributed by atoms with Crippen LogP contribution in [0.1, 0.15) is 29.5 Å². The molecule has 6 aromatic rings. The van der Waals surface area contributed by atoms with Crippen LogP contribution in [0.3, 0.4) is 0 Å². The molecule has 0 radical (unpaired) electrons. The number of aryl methyl sites for hydroxylation is 1. The molecule has 0 saturated carbocycles. The number of piperazine rings is 1. The summed E-state index contributed by atoms with van der Waals surface area (Å²) in [7, 11) is 0. The average Bonchev–Trinajstić information content (AvgIpc) is 3.44. The molecule has 0 atom stereocenters. The van der Waals surface area contributed by atoms with E-state index >= 15 is 0 Å². The highest BCUT2D eigenvalue weighted by Crippen LogP contribution is 2.35. The van der Waals surface area contributed by atoms with Gasteiger partial charge in [-0.15, -0.1) is 0 Å². The molecular weight excluding hydrogens is 498 g/mol. The van der Waals surface area contributed by atoms with Crippen molar-refractivity contribution in [2.75, 3.05) is 31.1 Å². The molecule has 4 aromatic carbocycles. The Morgan fingerprint density at radius 2 is 1.57 bits per heavy atom. The van der Waals surface area contributed by atoms with Gasteiger partial charge in [-0.05, 0) is 40.1 Å². The number of hydrogen-bond donors (Lipinski definition) is 0. The largest absolute Gasteiger partial charge is 0.352 e. The second kappa shape index (κ2) is 10.1. The normalized spacial score (nSPS) is 13.9. The number of amides is 1. The Bertz CT molecular complexity index is 1860. The Hall–Kier alpha value is -4.78. The smallest absolute Gasteiger partial charge is 0.263 e. The molecule has 0 N–H and O–H groups in total. The third-order valence-corrected chi connectivity index (χ3v) is 7.75.